The summed E-state index contributed by atoms with van der Waals surface area (Å²) in [5.41, 5.74) is 1.08. The van der Waals surface area contributed by atoms with Crippen LogP contribution in [0.2, 0.25) is 5.02 Å². The van der Waals surface area contributed by atoms with Gasteiger partial charge in [0.05, 0.1) is 0 Å². The van der Waals surface area contributed by atoms with E-state index < -0.39 is 0 Å². The highest BCUT2D eigenvalue weighted by molar-refractivity contribution is 6.31. The van der Waals surface area contributed by atoms with E-state index >= 15 is 0 Å². The first-order chi connectivity index (χ1) is 9.08. The Morgan fingerprint density at radius 2 is 2.11 bits per heavy atom. The highest BCUT2D eigenvalue weighted by Gasteiger charge is 2.29. The quantitative estimate of drug-likeness (QED) is 0.822. The first-order valence-corrected chi connectivity index (χ1v) is 7.33. The Kier molecular flexibility index (Phi) is 4.83. The summed E-state index contributed by atoms with van der Waals surface area (Å²) in [6.07, 6.45) is 2.50. The van der Waals surface area contributed by atoms with Crippen LogP contribution in [0, 0.1) is 5.92 Å². The normalized spacial score (nSPS) is 17.8. The standard InChI is InChI=1S/C15H21ClN2O/c1-10(12-7-8-12)18-15(19)9-17-11(2)13-5-3-4-6-14(13)16/h3-6,10-12,17H,7-9H2,1-2H3,(H,18,19)/p+1/t10-,11-/m1/s1. The van der Waals surface area contributed by atoms with Gasteiger partial charge in [0.15, 0.2) is 6.54 Å². The Morgan fingerprint density at radius 3 is 2.74 bits per heavy atom. The Bertz CT molecular complexity index is 446. The van der Waals surface area contributed by atoms with Crippen molar-refractivity contribution in [2.75, 3.05) is 6.54 Å². The summed E-state index contributed by atoms with van der Waals surface area (Å²) in [7, 11) is 0. The molecule has 3 N–H and O–H groups in total. The van der Waals surface area contributed by atoms with E-state index in [4.69, 9.17) is 11.6 Å². The zero-order valence-corrected chi connectivity index (χ0v) is 12.3. The Labute approximate surface area is 119 Å². The molecular weight excluding hydrogens is 260 g/mol. The molecule has 104 valence electrons. The number of nitrogens with two attached hydrogens (primary N) is 1. The highest BCUT2D eigenvalue weighted by Crippen LogP contribution is 2.32. The van der Waals surface area contributed by atoms with Crippen LogP contribution in [-0.4, -0.2) is 18.5 Å². The minimum Gasteiger partial charge on any atom is -0.348 e. The minimum atomic E-state index is 0.110. The summed E-state index contributed by atoms with van der Waals surface area (Å²) in [5, 5.41) is 5.85. The summed E-state index contributed by atoms with van der Waals surface area (Å²) < 4.78 is 0. The van der Waals surface area contributed by atoms with E-state index in [1.165, 1.54) is 12.8 Å². The SMILES string of the molecule is C[C@@H]([NH2+]CC(=O)N[C@H](C)C1CC1)c1ccccc1Cl. The van der Waals surface area contributed by atoms with Gasteiger partial charge in [0.25, 0.3) is 5.91 Å². The number of benzene rings is 1. The zero-order valence-electron chi connectivity index (χ0n) is 11.5. The van der Waals surface area contributed by atoms with E-state index in [1.807, 2.05) is 29.6 Å². The topological polar surface area (TPSA) is 45.7 Å². The number of nitrogens with one attached hydrogen (secondary N) is 1. The van der Waals surface area contributed by atoms with Crippen LogP contribution in [0.15, 0.2) is 24.3 Å². The van der Waals surface area contributed by atoms with Crippen molar-refractivity contribution in [1.29, 1.82) is 0 Å². The molecule has 0 bridgehead atoms. The van der Waals surface area contributed by atoms with Gasteiger partial charge in [-0.25, -0.2) is 0 Å². The predicted molar refractivity (Wildman–Crippen MR) is 77.0 cm³/mol. The second-order valence-corrected chi connectivity index (χ2v) is 5.85. The van der Waals surface area contributed by atoms with Crippen molar-refractivity contribution in [2.24, 2.45) is 5.92 Å². The fraction of sp³-hybridized carbons (Fsp3) is 0.533. The predicted octanol–water partition coefficient (Wildman–Crippen LogP) is 1.88. The second kappa shape index (κ2) is 6.40. The summed E-state index contributed by atoms with van der Waals surface area (Å²) in [4.78, 5) is 11.8. The summed E-state index contributed by atoms with van der Waals surface area (Å²) in [6.45, 7) is 4.61. The maximum Gasteiger partial charge on any atom is 0.275 e. The number of carbonyl (C=O) groups excluding carboxylic acids is 1. The van der Waals surface area contributed by atoms with Crippen LogP contribution in [0.1, 0.15) is 38.3 Å². The Hall–Kier alpha value is -1.06. The number of quaternary nitrogens is 1. The molecule has 1 saturated carbocycles. The number of amides is 1. The molecule has 19 heavy (non-hydrogen) atoms. The first kappa shape index (κ1) is 14.4. The van der Waals surface area contributed by atoms with Crippen LogP contribution in [0.4, 0.5) is 0 Å². The Balaban J connectivity index is 1.78. The number of halogens is 1. The largest absolute Gasteiger partial charge is 0.348 e. The lowest BCUT2D eigenvalue weighted by Gasteiger charge is -2.15. The first-order valence-electron chi connectivity index (χ1n) is 6.95. The monoisotopic (exact) mass is 281 g/mol. The maximum absolute atomic E-state index is 11.8. The molecule has 1 aromatic rings. The molecule has 2 rings (SSSR count). The lowest BCUT2D eigenvalue weighted by Crippen LogP contribution is -2.87. The molecule has 1 aliphatic rings. The lowest BCUT2D eigenvalue weighted by molar-refractivity contribution is -0.682. The molecule has 0 spiro atoms. The molecule has 0 aliphatic heterocycles. The lowest BCUT2D eigenvalue weighted by atomic mass is 10.1. The number of hydrogen-bond donors (Lipinski definition) is 2. The number of hydrogen-bond acceptors (Lipinski definition) is 1. The van der Waals surface area contributed by atoms with E-state index in [2.05, 4.69) is 19.2 Å². The second-order valence-electron chi connectivity index (χ2n) is 5.44. The number of carbonyl (C=O) groups is 1. The smallest absolute Gasteiger partial charge is 0.275 e. The zero-order chi connectivity index (χ0) is 13.8. The van der Waals surface area contributed by atoms with Crippen molar-refractivity contribution >= 4 is 17.5 Å². The van der Waals surface area contributed by atoms with Crippen molar-refractivity contribution in [2.45, 2.75) is 38.8 Å². The van der Waals surface area contributed by atoms with Gasteiger partial charge in [0.1, 0.15) is 6.04 Å². The van der Waals surface area contributed by atoms with Crippen molar-refractivity contribution in [3.8, 4) is 0 Å². The van der Waals surface area contributed by atoms with Crippen LogP contribution < -0.4 is 10.6 Å². The van der Waals surface area contributed by atoms with E-state index in [-0.39, 0.29) is 11.9 Å². The molecule has 0 unspecified atom stereocenters. The number of rotatable bonds is 6. The van der Waals surface area contributed by atoms with Gasteiger partial charge < -0.3 is 10.6 Å². The summed E-state index contributed by atoms with van der Waals surface area (Å²) >= 11 is 6.15. The molecule has 3 nitrogen and oxygen atoms in total. The van der Waals surface area contributed by atoms with Crippen molar-refractivity contribution in [1.82, 2.24) is 5.32 Å². The van der Waals surface area contributed by atoms with Crippen molar-refractivity contribution in [3.05, 3.63) is 34.9 Å². The molecule has 0 saturated heterocycles. The van der Waals surface area contributed by atoms with Gasteiger partial charge in [-0.1, -0.05) is 29.8 Å². The molecular formula is C15H22ClN2O+. The van der Waals surface area contributed by atoms with E-state index in [1.54, 1.807) is 0 Å². The van der Waals surface area contributed by atoms with Crippen LogP contribution in [-0.2, 0) is 4.79 Å². The molecule has 2 atom stereocenters. The fourth-order valence-electron chi connectivity index (χ4n) is 2.28. The summed E-state index contributed by atoms with van der Waals surface area (Å²) in [6, 6.07) is 8.29. The molecule has 1 amide bonds. The average Bonchev–Trinajstić information content (AvgIpc) is 3.20. The average molecular weight is 282 g/mol. The third-order valence-electron chi connectivity index (χ3n) is 3.77. The van der Waals surface area contributed by atoms with Crippen LogP contribution in [0.5, 0.6) is 0 Å². The van der Waals surface area contributed by atoms with Crippen molar-refractivity contribution in [3.63, 3.8) is 0 Å². The molecule has 1 aromatic carbocycles. The fourth-order valence-corrected chi connectivity index (χ4v) is 2.59. The third kappa shape index (κ3) is 4.22. The van der Waals surface area contributed by atoms with Crippen LogP contribution in [0.3, 0.4) is 0 Å². The highest BCUT2D eigenvalue weighted by atomic mass is 35.5. The van der Waals surface area contributed by atoms with E-state index in [9.17, 15) is 4.79 Å². The molecule has 1 aliphatic carbocycles. The molecule has 0 heterocycles. The Morgan fingerprint density at radius 1 is 1.42 bits per heavy atom. The van der Waals surface area contributed by atoms with Gasteiger partial charge in [-0.2, -0.15) is 0 Å². The minimum absolute atomic E-state index is 0.110. The van der Waals surface area contributed by atoms with Gasteiger partial charge in [0.2, 0.25) is 0 Å². The maximum atomic E-state index is 11.8. The van der Waals surface area contributed by atoms with E-state index in [0.717, 1.165) is 10.6 Å². The van der Waals surface area contributed by atoms with Gasteiger partial charge in [-0.05, 0) is 38.7 Å². The van der Waals surface area contributed by atoms with Gasteiger partial charge >= 0.3 is 0 Å². The van der Waals surface area contributed by atoms with Crippen LogP contribution >= 0.6 is 11.6 Å². The van der Waals surface area contributed by atoms with Gasteiger partial charge in [-0.15, -0.1) is 0 Å². The van der Waals surface area contributed by atoms with Crippen molar-refractivity contribution < 1.29 is 10.1 Å². The molecule has 4 heteroatoms. The summed E-state index contributed by atoms with van der Waals surface area (Å²) in [5.74, 6) is 0.809. The molecule has 0 radical (unpaired) electrons. The van der Waals surface area contributed by atoms with Gasteiger partial charge in [-0.3, -0.25) is 4.79 Å². The third-order valence-corrected chi connectivity index (χ3v) is 4.11. The van der Waals surface area contributed by atoms with Crippen LogP contribution in [0.25, 0.3) is 0 Å². The molecule has 1 fully saturated rings. The molecule has 0 aromatic heterocycles. The van der Waals surface area contributed by atoms with E-state index in [0.29, 0.717) is 18.5 Å². The van der Waals surface area contributed by atoms with Gasteiger partial charge in [0, 0.05) is 16.6 Å².